The van der Waals surface area contributed by atoms with Crippen molar-refractivity contribution in [2.24, 2.45) is 18.7 Å². The number of piperidine rings is 1. The van der Waals surface area contributed by atoms with Crippen LogP contribution in [0.2, 0.25) is 0 Å². The van der Waals surface area contributed by atoms with E-state index >= 15 is 0 Å². The molecule has 1 aliphatic rings. The Hall–Kier alpha value is -1.08. The first kappa shape index (κ1) is 14.3. The Kier molecular flexibility index (Phi) is 4.15. The third-order valence-corrected chi connectivity index (χ3v) is 3.58. The molecule has 0 amide bonds. The van der Waals surface area contributed by atoms with Gasteiger partial charge in [0.05, 0.1) is 12.1 Å². The highest BCUT2D eigenvalue weighted by atomic mass is 19.4. The highest BCUT2D eigenvalue weighted by Gasteiger charge is 2.41. The molecule has 4 nitrogen and oxygen atoms in total. The van der Waals surface area contributed by atoms with Crippen molar-refractivity contribution in [3.05, 3.63) is 18.0 Å². The van der Waals surface area contributed by atoms with E-state index in [0.717, 1.165) is 5.56 Å². The van der Waals surface area contributed by atoms with Crippen LogP contribution in [0.15, 0.2) is 12.4 Å². The summed E-state index contributed by atoms with van der Waals surface area (Å²) in [6.07, 6.45) is 0.162. The molecule has 108 valence electrons. The first-order chi connectivity index (χ1) is 8.86. The monoisotopic (exact) mass is 276 g/mol. The van der Waals surface area contributed by atoms with Crippen molar-refractivity contribution in [1.82, 2.24) is 14.7 Å². The van der Waals surface area contributed by atoms with Gasteiger partial charge >= 0.3 is 6.18 Å². The van der Waals surface area contributed by atoms with Crippen molar-refractivity contribution in [3.63, 3.8) is 0 Å². The van der Waals surface area contributed by atoms with Gasteiger partial charge in [-0.2, -0.15) is 18.3 Å². The Morgan fingerprint density at radius 1 is 1.53 bits per heavy atom. The number of nitrogens with zero attached hydrogens (tertiary/aromatic N) is 3. The molecule has 2 heterocycles. The molecule has 2 rings (SSSR count). The molecule has 2 unspecified atom stereocenters. The van der Waals surface area contributed by atoms with Crippen LogP contribution in [-0.4, -0.2) is 40.5 Å². The van der Waals surface area contributed by atoms with Crippen LogP contribution < -0.4 is 5.73 Å². The molecule has 0 aliphatic carbocycles. The fourth-order valence-corrected chi connectivity index (χ4v) is 2.50. The lowest BCUT2D eigenvalue weighted by Crippen LogP contribution is -2.44. The summed E-state index contributed by atoms with van der Waals surface area (Å²) in [4.78, 5) is 1.80. The van der Waals surface area contributed by atoms with Crippen molar-refractivity contribution >= 4 is 0 Å². The number of hydrogen-bond donors (Lipinski definition) is 1. The average molecular weight is 276 g/mol. The number of nitrogens with two attached hydrogens (primary N) is 1. The maximum absolute atomic E-state index is 12.7. The van der Waals surface area contributed by atoms with E-state index in [9.17, 15) is 13.2 Å². The fraction of sp³-hybridized carbons (Fsp3) is 0.750. The smallest absolute Gasteiger partial charge is 0.323 e. The first-order valence-electron chi connectivity index (χ1n) is 6.39. The number of rotatable bonds is 3. The molecule has 1 aromatic heterocycles. The van der Waals surface area contributed by atoms with Crippen LogP contribution in [0, 0.1) is 5.92 Å². The molecular formula is C12H19F3N4. The summed E-state index contributed by atoms with van der Waals surface area (Å²) in [5, 5.41) is 4.02. The van der Waals surface area contributed by atoms with Gasteiger partial charge in [-0.25, -0.2) is 0 Å². The van der Waals surface area contributed by atoms with Gasteiger partial charge in [-0.1, -0.05) is 0 Å². The van der Waals surface area contributed by atoms with Crippen LogP contribution in [0.3, 0.4) is 0 Å². The maximum atomic E-state index is 12.7. The largest absolute Gasteiger partial charge is 0.393 e. The van der Waals surface area contributed by atoms with Gasteiger partial charge < -0.3 is 10.6 Å². The number of halogens is 3. The van der Waals surface area contributed by atoms with Gasteiger partial charge in [0.1, 0.15) is 0 Å². The molecular weight excluding hydrogens is 257 g/mol. The molecule has 1 aromatic rings. The summed E-state index contributed by atoms with van der Waals surface area (Å²) in [7, 11) is 1.79. The first-order valence-corrected chi connectivity index (χ1v) is 6.39. The van der Waals surface area contributed by atoms with Crippen LogP contribution in [0.1, 0.15) is 24.4 Å². The minimum Gasteiger partial charge on any atom is -0.323 e. The van der Waals surface area contributed by atoms with Gasteiger partial charge in [0, 0.05) is 37.9 Å². The van der Waals surface area contributed by atoms with E-state index in [2.05, 4.69) is 5.10 Å². The minimum absolute atomic E-state index is 0.0530. The molecule has 7 heteroatoms. The minimum atomic E-state index is -4.10. The van der Waals surface area contributed by atoms with E-state index in [1.807, 2.05) is 0 Å². The zero-order chi connectivity index (χ0) is 14.0. The molecule has 0 bridgehead atoms. The predicted octanol–water partition coefficient (Wildman–Crippen LogP) is 1.69. The van der Waals surface area contributed by atoms with Crippen LogP contribution in [-0.2, 0) is 7.05 Å². The molecule has 1 aliphatic heterocycles. The molecule has 2 atom stereocenters. The highest BCUT2D eigenvalue weighted by Crippen LogP contribution is 2.33. The van der Waals surface area contributed by atoms with Crippen molar-refractivity contribution in [2.75, 3.05) is 19.6 Å². The maximum Gasteiger partial charge on any atom is 0.393 e. The molecule has 0 spiro atoms. The van der Waals surface area contributed by atoms with Gasteiger partial charge in [0.15, 0.2) is 0 Å². The summed E-state index contributed by atoms with van der Waals surface area (Å²) in [6, 6.07) is -0.291. The number of alkyl halides is 3. The zero-order valence-corrected chi connectivity index (χ0v) is 10.9. The van der Waals surface area contributed by atoms with Gasteiger partial charge in [-0.3, -0.25) is 4.68 Å². The summed E-state index contributed by atoms with van der Waals surface area (Å²) in [6.45, 7) is 1.18. The molecule has 0 saturated carbocycles. The second kappa shape index (κ2) is 5.50. The van der Waals surface area contributed by atoms with E-state index in [-0.39, 0.29) is 19.0 Å². The van der Waals surface area contributed by atoms with Crippen molar-refractivity contribution in [3.8, 4) is 0 Å². The van der Waals surface area contributed by atoms with Gasteiger partial charge in [-0.15, -0.1) is 0 Å². The van der Waals surface area contributed by atoms with Crippen LogP contribution >= 0.6 is 0 Å². The van der Waals surface area contributed by atoms with Gasteiger partial charge in [-0.05, 0) is 19.4 Å². The van der Waals surface area contributed by atoms with E-state index in [4.69, 9.17) is 5.73 Å². The van der Waals surface area contributed by atoms with E-state index in [1.54, 1.807) is 29.0 Å². The van der Waals surface area contributed by atoms with Crippen LogP contribution in [0.5, 0.6) is 0 Å². The zero-order valence-electron chi connectivity index (χ0n) is 10.9. The second-order valence-corrected chi connectivity index (χ2v) is 5.19. The topological polar surface area (TPSA) is 47.1 Å². The number of likely N-dealkylation sites (tertiary alicyclic amines) is 1. The molecule has 0 aromatic carbocycles. The standard InChI is InChI=1S/C12H19F3N4/c1-18-6-9(5-17-18)11(16)8-19-4-2-3-10(7-19)12(13,14)15/h5-6,10-11H,2-4,7-8,16H2,1H3. The summed E-state index contributed by atoms with van der Waals surface area (Å²) < 4.78 is 39.8. The summed E-state index contributed by atoms with van der Waals surface area (Å²) in [5.74, 6) is -1.22. The van der Waals surface area contributed by atoms with Gasteiger partial charge in [0.2, 0.25) is 0 Å². The Morgan fingerprint density at radius 2 is 2.26 bits per heavy atom. The third-order valence-electron chi connectivity index (χ3n) is 3.58. The summed E-state index contributed by atoms with van der Waals surface area (Å²) >= 11 is 0. The number of hydrogen-bond acceptors (Lipinski definition) is 3. The number of aromatic nitrogens is 2. The van der Waals surface area contributed by atoms with E-state index < -0.39 is 12.1 Å². The lowest BCUT2D eigenvalue weighted by atomic mass is 9.97. The van der Waals surface area contributed by atoms with Crippen LogP contribution in [0.25, 0.3) is 0 Å². The quantitative estimate of drug-likeness (QED) is 0.914. The molecule has 2 N–H and O–H groups in total. The normalized spacial score (nSPS) is 23.5. The highest BCUT2D eigenvalue weighted by molar-refractivity contribution is 5.10. The Bertz CT molecular complexity index is 415. The number of aryl methyl sites for hydroxylation is 1. The average Bonchev–Trinajstić information content (AvgIpc) is 2.75. The van der Waals surface area contributed by atoms with Gasteiger partial charge in [0.25, 0.3) is 0 Å². The molecule has 1 fully saturated rings. The van der Waals surface area contributed by atoms with E-state index in [1.165, 1.54) is 0 Å². The molecule has 19 heavy (non-hydrogen) atoms. The van der Waals surface area contributed by atoms with E-state index in [0.29, 0.717) is 19.5 Å². The summed E-state index contributed by atoms with van der Waals surface area (Å²) in [5.41, 5.74) is 6.88. The molecule has 0 radical (unpaired) electrons. The van der Waals surface area contributed by atoms with Crippen molar-refractivity contribution in [2.45, 2.75) is 25.1 Å². The SMILES string of the molecule is Cn1cc(C(N)CN2CCCC(C(F)(F)F)C2)cn1. The Morgan fingerprint density at radius 3 is 2.84 bits per heavy atom. The lowest BCUT2D eigenvalue weighted by molar-refractivity contribution is -0.186. The molecule has 1 saturated heterocycles. The Labute approximate surface area is 110 Å². The van der Waals surface area contributed by atoms with Crippen molar-refractivity contribution in [1.29, 1.82) is 0 Å². The third kappa shape index (κ3) is 3.70. The Balaban J connectivity index is 1.92. The fourth-order valence-electron chi connectivity index (χ4n) is 2.50. The predicted molar refractivity (Wildman–Crippen MR) is 65.4 cm³/mol. The second-order valence-electron chi connectivity index (χ2n) is 5.19. The van der Waals surface area contributed by atoms with Crippen LogP contribution in [0.4, 0.5) is 13.2 Å². The van der Waals surface area contributed by atoms with Crippen molar-refractivity contribution < 1.29 is 13.2 Å². The lowest BCUT2D eigenvalue weighted by Gasteiger charge is -2.34.